The second-order valence-electron chi connectivity index (χ2n) is 6.14. The van der Waals surface area contributed by atoms with Gasteiger partial charge in [0.1, 0.15) is 0 Å². The van der Waals surface area contributed by atoms with Gasteiger partial charge in [0.2, 0.25) is 5.91 Å². The molecule has 1 N–H and O–H groups in total. The number of hydrogen-bond donors (Lipinski definition) is 1. The van der Waals surface area contributed by atoms with Crippen LogP contribution in [0.4, 0.5) is 5.69 Å². The fourth-order valence-corrected chi connectivity index (χ4v) is 2.76. The molecule has 0 aliphatic rings. The highest BCUT2D eigenvalue weighted by molar-refractivity contribution is 6.11. The zero-order chi connectivity index (χ0) is 15.7. The average Bonchev–Trinajstić information content (AvgIpc) is 2.46. The van der Waals surface area contributed by atoms with Crippen molar-refractivity contribution in [1.29, 1.82) is 0 Å². The van der Waals surface area contributed by atoms with E-state index in [1.807, 2.05) is 45.0 Å². The Labute approximate surface area is 130 Å². The molecule has 1 heterocycles. The van der Waals surface area contributed by atoms with E-state index >= 15 is 0 Å². The molecule has 0 saturated heterocycles. The number of carbonyl (C=O) groups is 1. The van der Waals surface area contributed by atoms with Crippen molar-refractivity contribution >= 4 is 33.3 Å². The van der Waals surface area contributed by atoms with E-state index in [0.717, 1.165) is 33.1 Å². The first-order valence-corrected chi connectivity index (χ1v) is 7.63. The Hall–Kier alpha value is -2.42. The topological polar surface area (TPSA) is 42.0 Å². The van der Waals surface area contributed by atoms with Crippen LogP contribution in [0.15, 0.2) is 42.5 Å². The Balaban J connectivity index is 2.14. The van der Waals surface area contributed by atoms with Crippen LogP contribution in [0.1, 0.15) is 26.0 Å². The highest BCUT2D eigenvalue weighted by Crippen LogP contribution is 2.29. The number of nitrogens with one attached hydrogen (secondary N) is 1. The van der Waals surface area contributed by atoms with Crippen molar-refractivity contribution in [3.05, 3.63) is 48.2 Å². The van der Waals surface area contributed by atoms with E-state index in [0.29, 0.717) is 12.3 Å². The molecule has 1 aromatic heterocycles. The largest absolute Gasteiger partial charge is 0.325 e. The molecule has 0 spiro atoms. The van der Waals surface area contributed by atoms with E-state index < -0.39 is 0 Å². The summed E-state index contributed by atoms with van der Waals surface area (Å²) in [6.45, 7) is 6.05. The van der Waals surface area contributed by atoms with Gasteiger partial charge in [-0.2, -0.15) is 0 Å². The Morgan fingerprint density at radius 3 is 2.68 bits per heavy atom. The first kappa shape index (κ1) is 14.5. The molecule has 2 aromatic carbocycles. The Morgan fingerprint density at radius 2 is 1.91 bits per heavy atom. The molecule has 112 valence electrons. The van der Waals surface area contributed by atoms with E-state index in [2.05, 4.69) is 28.5 Å². The summed E-state index contributed by atoms with van der Waals surface area (Å²) in [6.07, 6.45) is 0.524. The lowest BCUT2D eigenvalue weighted by Gasteiger charge is -2.12. The number of hydrogen-bond acceptors (Lipinski definition) is 2. The molecular formula is C19H20N2O. The molecule has 0 atom stereocenters. The standard InChI is InChI=1S/C19H20N2O/c1-12(2)10-18(22)21-17-11-13(3)20-19-15-7-5-4-6-14(15)8-9-16(17)19/h4-9,11-12H,10H2,1-3H3,(H,20,21,22). The predicted octanol–water partition coefficient (Wildman–Crippen LogP) is 4.68. The summed E-state index contributed by atoms with van der Waals surface area (Å²) in [6, 6.07) is 14.2. The minimum absolute atomic E-state index is 0.0510. The van der Waals surface area contributed by atoms with Crippen LogP contribution in [0.5, 0.6) is 0 Å². The molecule has 0 bridgehead atoms. The minimum Gasteiger partial charge on any atom is -0.325 e. The molecule has 3 heteroatoms. The normalized spacial score (nSPS) is 11.3. The van der Waals surface area contributed by atoms with Gasteiger partial charge in [-0.15, -0.1) is 0 Å². The van der Waals surface area contributed by atoms with E-state index in [4.69, 9.17) is 0 Å². The van der Waals surface area contributed by atoms with E-state index in [1.165, 1.54) is 0 Å². The van der Waals surface area contributed by atoms with Gasteiger partial charge in [0.15, 0.2) is 0 Å². The maximum atomic E-state index is 12.1. The molecule has 0 saturated carbocycles. The molecule has 1 amide bonds. The molecule has 3 rings (SSSR count). The van der Waals surface area contributed by atoms with Crippen molar-refractivity contribution in [3.8, 4) is 0 Å². The first-order valence-electron chi connectivity index (χ1n) is 7.63. The van der Waals surface area contributed by atoms with Crippen molar-refractivity contribution in [1.82, 2.24) is 4.98 Å². The maximum Gasteiger partial charge on any atom is 0.224 e. The van der Waals surface area contributed by atoms with E-state index in [1.54, 1.807) is 0 Å². The van der Waals surface area contributed by atoms with Crippen molar-refractivity contribution in [2.45, 2.75) is 27.2 Å². The second kappa shape index (κ2) is 5.76. The highest BCUT2D eigenvalue weighted by atomic mass is 16.1. The van der Waals surface area contributed by atoms with Crippen molar-refractivity contribution in [3.63, 3.8) is 0 Å². The summed E-state index contributed by atoms with van der Waals surface area (Å²) in [5.41, 5.74) is 2.69. The summed E-state index contributed by atoms with van der Waals surface area (Å²) >= 11 is 0. The monoisotopic (exact) mass is 292 g/mol. The van der Waals surface area contributed by atoms with Crippen molar-refractivity contribution < 1.29 is 4.79 Å². The second-order valence-corrected chi connectivity index (χ2v) is 6.14. The lowest BCUT2D eigenvalue weighted by atomic mass is 10.0. The number of benzene rings is 2. The summed E-state index contributed by atoms with van der Waals surface area (Å²) in [7, 11) is 0. The molecule has 0 radical (unpaired) electrons. The molecular weight excluding hydrogens is 272 g/mol. The third kappa shape index (κ3) is 2.80. The number of carbonyl (C=O) groups excluding carboxylic acids is 1. The van der Waals surface area contributed by atoms with Gasteiger partial charge < -0.3 is 5.32 Å². The number of rotatable bonds is 3. The maximum absolute atomic E-state index is 12.1. The highest BCUT2D eigenvalue weighted by Gasteiger charge is 2.11. The summed E-state index contributed by atoms with van der Waals surface area (Å²) in [5.74, 6) is 0.394. The molecule has 0 fully saturated rings. The SMILES string of the molecule is Cc1cc(NC(=O)CC(C)C)c2ccc3ccccc3c2n1. The molecule has 3 nitrogen and oxygen atoms in total. The lowest BCUT2D eigenvalue weighted by Crippen LogP contribution is -2.14. The van der Waals surface area contributed by atoms with Gasteiger partial charge in [-0.1, -0.05) is 50.2 Å². The Kier molecular flexibility index (Phi) is 3.80. The lowest BCUT2D eigenvalue weighted by molar-refractivity contribution is -0.116. The van der Waals surface area contributed by atoms with Gasteiger partial charge in [0.25, 0.3) is 0 Å². The minimum atomic E-state index is 0.0510. The molecule has 0 aliphatic carbocycles. The number of aryl methyl sites for hydroxylation is 1. The van der Waals surface area contributed by atoms with Crippen LogP contribution in [0, 0.1) is 12.8 Å². The Bertz CT molecular complexity index is 853. The average molecular weight is 292 g/mol. The number of pyridine rings is 1. The summed E-state index contributed by atoms with van der Waals surface area (Å²) in [5, 5.41) is 6.30. The number of aromatic nitrogens is 1. The molecule has 22 heavy (non-hydrogen) atoms. The zero-order valence-electron chi connectivity index (χ0n) is 13.2. The fraction of sp³-hybridized carbons (Fsp3) is 0.263. The number of anilines is 1. The van der Waals surface area contributed by atoms with Gasteiger partial charge in [-0.25, -0.2) is 0 Å². The van der Waals surface area contributed by atoms with Gasteiger partial charge in [-0.05, 0) is 24.3 Å². The summed E-state index contributed by atoms with van der Waals surface area (Å²) in [4.78, 5) is 16.8. The van der Waals surface area contributed by atoms with Crippen molar-refractivity contribution in [2.24, 2.45) is 5.92 Å². The third-order valence-electron chi connectivity index (χ3n) is 3.70. The molecule has 0 unspecified atom stereocenters. The van der Waals surface area contributed by atoms with Gasteiger partial charge >= 0.3 is 0 Å². The molecule has 3 aromatic rings. The van der Waals surface area contributed by atoms with Gasteiger partial charge in [0, 0.05) is 22.9 Å². The number of fused-ring (bicyclic) bond motifs is 3. The van der Waals surface area contributed by atoms with Crippen LogP contribution in [0.2, 0.25) is 0 Å². The van der Waals surface area contributed by atoms with Crippen LogP contribution in [-0.2, 0) is 4.79 Å². The number of nitrogens with zero attached hydrogens (tertiary/aromatic N) is 1. The molecule has 0 aliphatic heterocycles. The van der Waals surface area contributed by atoms with Gasteiger partial charge in [-0.3, -0.25) is 9.78 Å². The number of amides is 1. The smallest absolute Gasteiger partial charge is 0.224 e. The van der Waals surface area contributed by atoms with Crippen LogP contribution in [0.3, 0.4) is 0 Å². The third-order valence-corrected chi connectivity index (χ3v) is 3.70. The van der Waals surface area contributed by atoms with Gasteiger partial charge in [0.05, 0.1) is 11.2 Å². The van der Waals surface area contributed by atoms with Crippen LogP contribution in [0.25, 0.3) is 21.7 Å². The Morgan fingerprint density at radius 1 is 1.14 bits per heavy atom. The fourth-order valence-electron chi connectivity index (χ4n) is 2.76. The quantitative estimate of drug-likeness (QED) is 0.712. The van der Waals surface area contributed by atoms with E-state index in [-0.39, 0.29) is 5.91 Å². The predicted molar refractivity (Wildman–Crippen MR) is 92.1 cm³/mol. The summed E-state index contributed by atoms with van der Waals surface area (Å²) < 4.78 is 0. The van der Waals surface area contributed by atoms with Crippen LogP contribution >= 0.6 is 0 Å². The van der Waals surface area contributed by atoms with Crippen LogP contribution in [-0.4, -0.2) is 10.9 Å². The van der Waals surface area contributed by atoms with E-state index in [9.17, 15) is 4.79 Å². The van der Waals surface area contributed by atoms with Crippen LogP contribution < -0.4 is 5.32 Å². The first-order chi connectivity index (χ1) is 10.5. The zero-order valence-corrected chi connectivity index (χ0v) is 13.2. The van der Waals surface area contributed by atoms with Crippen molar-refractivity contribution in [2.75, 3.05) is 5.32 Å².